The largest absolute Gasteiger partial charge is 0.265 e. The second-order valence-corrected chi connectivity index (χ2v) is 9.39. The van der Waals surface area contributed by atoms with Gasteiger partial charge in [-0.3, -0.25) is 4.98 Å². The maximum absolute atomic E-state index is 4.19. The molecule has 3 aromatic carbocycles. The molecule has 4 rings (SSSR count). The van der Waals surface area contributed by atoms with Crippen molar-refractivity contribution in [3.8, 4) is 0 Å². The molecule has 126 valence electrons. The van der Waals surface area contributed by atoms with Crippen LogP contribution in [0.3, 0.4) is 0 Å². The van der Waals surface area contributed by atoms with E-state index in [1.165, 1.54) is 21.5 Å². The van der Waals surface area contributed by atoms with Crippen LogP contribution in [0, 0.1) is 0 Å². The third-order valence-corrected chi connectivity index (χ3v) is 8.56. The van der Waals surface area contributed by atoms with E-state index < -0.39 is 6.89 Å². The molecule has 0 aliphatic rings. The first-order chi connectivity index (χ1) is 12.9. The van der Waals surface area contributed by atoms with Gasteiger partial charge >= 0.3 is 0 Å². The number of nitrogens with zero attached hydrogens (tertiary/aromatic N) is 1. The van der Waals surface area contributed by atoms with Crippen molar-refractivity contribution in [2.75, 3.05) is 0 Å². The third-order valence-electron chi connectivity index (χ3n) is 4.54. The van der Waals surface area contributed by atoms with Crippen molar-refractivity contribution in [1.82, 2.24) is 4.98 Å². The fraction of sp³-hybridized carbons (Fsp3) is 0. The summed E-state index contributed by atoms with van der Waals surface area (Å²) in [7, 11) is 0. The summed E-state index contributed by atoms with van der Waals surface area (Å²) in [5.74, 6) is 2.45. The van der Waals surface area contributed by atoms with Gasteiger partial charge in [0.1, 0.15) is 0 Å². The van der Waals surface area contributed by atoms with Crippen molar-refractivity contribution in [3.63, 3.8) is 0 Å². The van der Waals surface area contributed by atoms with E-state index in [1.807, 2.05) is 12.4 Å². The Morgan fingerprint density at radius 3 is 1.27 bits per heavy atom. The summed E-state index contributed by atoms with van der Waals surface area (Å²) < 4.78 is 0. The Balaban J connectivity index is 2.13. The van der Waals surface area contributed by atoms with Gasteiger partial charge in [-0.05, 0) is 46.3 Å². The van der Waals surface area contributed by atoms with Gasteiger partial charge < -0.3 is 0 Å². The lowest BCUT2D eigenvalue weighted by Crippen LogP contribution is -2.27. The van der Waals surface area contributed by atoms with E-state index in [0.717, 1.165) is 0 Å². The van der Waals surface area contributed by atoms with Gasteiger partial charge in [-0.1, -0.05) is 91.0 Å². The Kier molecular flexibility index (Phi) is 4.82. The smallest absolute Gasteiger partial charge is 0.0273 e. The highest BCUT2D eigenvalue weighted by Gasteiger charge is 2.24. The fourth-order valence-corrected chi connectivity index (χ4v) is 7.22. The zero-order valence-corrected chi connectivity index (χ0v) is 15.3. The molecule has 0 radical (unpaired) electrons. The van der Waals surface area contributed by atoms with Crippen molar-refractivity contribution < 1.29 is 0 Å². The molecule has 0 fully saturated rings. The molecular formula is C24H20NP. The Bertz CT molecular complexity index is 907. The van der Waals surface area contributed by atoms with E-state index >= 15 is 0 Å². The molecule has 0 saturated carbocycles. The highest BCUT2D eigenvalue weighted by atomic mass is 31.2. The van der Waals surface area contributed by atoms with Crippen LogP contribution >= 0.6 is 6.89 Å². The molecule has 0 bridgehead atoms. The van der Waals surface area contributed by atoms with Crippen molar-refractivity contribution in [1.29, 1.82) is 0 Å². The Hall–Kier alpha value is -2.89. The minimum absolute atomic E-state index is 1.20. The molecule has 1 heterocycles. The standard InChI is InChI=1S/C24H20NP/c1-4-10-22(11-5-1)26(23-12-6-2-7-13-23,24-14-8-3-9-15-24)20-21-16-18-25-19-17-21/h1-20H. The first-order valence-corrected chi connectivity index (χ1v) is 10.6. The molecule has 0 amide bonds. The van der Waals surface area contributed by atoms with Crippen molar-refractivity contribution in [2.45, 2.75) is 0 Å². The third kappa shape index (κ3) is 3.14. The van der Waals surface area contributed by atoms with Crippen LogP contribution in [0.2, 0.25) is 0 Å². The molecular weight excluding hydrogens is 333 g/mol. The monoisotopic (exact) mass is 353 g/mol. The van der Waals surface area contributed by atoms with E-state index in [1.54, 1.807) is 0 Å². The lowest BCUT2D eigenvalue weighted by Gasteiger charge is -2.28. The summed E-state index contributed by atoms with van der Waals surface area (Å²) in [6, 6.07) is 36.8. The van der Waals surface area contributed by atoms with Crippen LogP contribution in [-0.2, 0) is 0 Å². The number of benzene rings is 3. The Labute approximate surface area is 155 Å². The fourth-order valence-electron chi connectivity index (χ4n) is 3.33. The van der Waals surface area contributed by atoms with E-state index in [0.29, 0.717) is 0 Å². The van der Waals surface area contributed by atoms with Gasteiger partial charge in [0.2, 0.25) is 0 Å². The average molecular weight is 353 g/mol. The van der Waals surface area contributed by atoms with Gasteiger partial charge in [-0.15, -0.1) is 0 Å². The van der Waals surface area contributed by atoms with Crippen LogP contribution < -0.4 is 15.9 Å². The second-order valence-electron chi connectivity index (χ2n) is 6.14. The van der Waals surface area contributed by atoms with Gasteiger partial charge in [0, 0.05) is 12.4 Å². The molecule has 0 spiro atoms. The molecule has 4 aromatic rings. The topological polar surface area (TPSA) is 12.9 Å². The van der Waals surface area contributed by atoms with E-state index in [9.17, 15) is 0 Å². The first kappa shape index (κ1) is 16.6. The maximum atomic E-state index is 4.19. The SMILES string of the molecule is C(c1ccncc1)=P(c1ccccc1)(c1ccccc1)c1ccccc1. The zero-order chi connectivity index (χ0) is 17.7. The summed E-state index contributed by atoms with van der Waals surface area (Å²) in [5, 5.41) is 4.07. The quantitative estimate of drug-likeness (QED) is 0.501. The number of hydrogen-bond acceptors (Lipinski definition) is 1. The molecule has 0 aliphatic carbocycles. The minimum atomic E-state index is -1.93. The predicted octanol–water partition coefficient (Wildman–Crippen LogP) is 4.23. The normalized spacial score (nSPS) is 11.1. The molecule has 0 unspecified atom stereocenters. The highest BCUT2D eigenvalue weighted by Crippen LogP contribution is 2.44. The lowest BCUT2D eigenvalue weighted by molar-refractivity contribution is 1.33. The van der Waals surface area contributed by atoms with Crippen LogP contribution in [0.25, 0.3) is 0 Å². The summed E-state index contributed by atoms with van der Waals surface area (Å²) >= 11 is 0. The number of aromatic nitrogens is 1. The number of pyridine rings is 1. The first-order valence-electron chi connectivity index (χ1n) is 8.71. The van der Waals surface area contributed by atoms with Crippen LogP contribution in [0.1, 0.15) is 5.56 Å². The van der Waals surface area contributed by atoms with E-state index in [-0.39, 0.29) is 0 Å². The summed E-state index contributed by atoms with van der Waals surface area (Å²) in [6.07, 6.45) is 3.73. The predicted molar refractivity (Wildman–Crippen MR) is 115 cm³/mol. The number of rotatable bonds is 4. The van der Waals surface area contributed by atoms with E-state index in [2.05, 4.69) is 114 Å². The highest BCUT2D eigenvalue weighted by molar-refractivity contribution is 7.94. The molecule has 0 atom stereocenters. The molecule has 0 aliphatic heterocycles. The van der Waals surface area contributed by atoms with Crippen molar-refractivity contribution in [3.05, 3.63) is 121 Å². The lowest BCUT2D eigenvalue weighted by atomic mass is 10.3. The average Bonchev–Trinajstić information content (AvgIpc) is 2.75. The van der Waals surface area contributed by atoms with Gasteiger partial charge in [-0.25, -0.2) is 0 Å². The Morgan fingerprint density at radius 1 is 0.500 bits per heavy atom. The molecule has 0 N–H and O–H groups in total. The van der Waals surface area contributed by atoms with Crippen LogP contribution in [-0.4, -0.2) is 10.8 Å². The minimum Gasteiger partial charge on any atom is -0.265 e. The van der Waals surface area contributed by atoms with Gasteiger partial charge in [0.25, 0.3) is 0 Å². The molecule has 1 nitrogen and oxygen atoms in total. The molecule has 0 saturated heterocycles. The van der Waals surface area contributed by atoms with Crippen molar-refractivity contribution >= 4 is 28.6 Å². The number of hydrogen-bond donors (Lipinski definition) is 0. The van der Waals surface area contributed by atoms with Gasteiger partial charge in [0.15, 0.2) is 0 Å². The molecule has 2 heteroatoms. The molecule has 26 heavy (non-hydrogen) atoms. The van der Waals surface area contributed by atoms with Crippen molar-refractivity contribution in [2.24, 2.45) is 0 Å². The molecule has 1 aromatic heterocycles. The van der Waals surface area contributed by atoms with Crippen LogP contribution in [0.15, 0.2) is 116 Å². The Morgan fingerprint density at radius 2 is 0.885 bits per heavy atom. The summed E-state index contributed by atoms with van der Waals surface area (Å²) in [5.41, 5.74) is 1.20. The summed E-state index contributed by atoms with van der Waals surface area (Å²) in [4.78, 5) is 4.19. The summed E-state index contributed by atoms with van der Waals surface area (Å²) in [6.45, 7) is -1.93. The van der Waals surface area contributed by atoms with Gasteiger partial charge in [0.05, 0.1) is 0 Å². The second kappa shape index (κ2) is 7.56. The van der Waals surface area contributed by atoms with Crippen LogP contribution in [0.4, 0.5) is 0 Å². The zero-order valence-electron chi connectivity index (χ0n) is 14.4. The van der Waals surface area contributed by atoms with Gasteiger partial charge in [-0.2, -0.15) is 0 Å². The maximum Gasteiger partial charge on any atom is 0.0273 e. The van der Waals surface area contributed by atoms with Crippen LogP contribution in [0.5, 0.6) is 0 Å². The van der Waals surface area contributed by atoms with E-state index in [4.69, 9.17) is 0 Å².